The van der Waals surface area contributed by atoms with E-state index in [0.717, 1.165) is 44.5 Å². The molecule has 1 aliphatic heterocycles. The van der Waals surface area contributed by atoms with E-state index < -0.39 is 0 Å². The third-order valence-electron chi connectivity index (χ3n) is 6.33. The number of rotatable bonds is 6. The van der Waals surface area contributed by atoms with Crippen molar-refractivity contribution >= 4 is 5.91 Å². The fourth-order valence-corrected chi connectivity index (χ4v) is 5.05. The molecule has 4 rings (SSSR count). The molecule has 3 aliphatic rings. The predicted molar refractivity (Wildman–Crippen MR) is 98.0 cm³/mol. The van der Waals surface area contributed by atoms with Gasteiger partial charge in [-0.3, -0.25) is 9.69 Å². The molecule has 25 heavy (non-hydrogen) atoms. The minimum absolute atomic E-state index is 0.112. The fraction of sp³-hybridized carbons (Fsp3) is 0.667. The maximum absolute atomic E-state index is 12.3. The number of benzene rings is 1. The second-order valence-corrected chi connectivity index (χ2v) is 8.16. The van der Waals surface area contributed by atoms with Crippen LogP contribution in [-0.4, -0.2) is 43.2 Å². The van der Waals surface area contributed by atoms with Crippen LogP contribution in [0.1, 0.15) is 37.7 Å². The third-order valence-corrected chi connectivity index (χ3v) is 6.33. The Kier molecular flexibility index (Phi) is 5.37. The first-order chi connectivity index (χ1) is 12.3. The van der Waals surface area contributed by atoms with Crippen LogP contribution in [0.15, 0.2) is 30.3 Å². The number of ether oxygens (including phenoxy) is 1. The quantitative estimate of drug-likeness (QED) is 0.864. The van der Waals surface area contributed by atoms with Gasteiger partial charge < -0.3 is 10.1 Å². The van der Waals surface area contributed by atoms with Gasteiger partial charge in [-0.1, -0.05) is 36.8 Å². The van der Waals surface area contributed by atoms with Gasteiger partial charge in [0.05, 0.1) is 12.7 Å². The molecule has 0 unspecified atom stereocenters. The first-order valence-electron chi connectivity index (χ1n) is 9.91. The van der Waals surface area contributed by atoms with E-state index in [1.165, 1.54) is 31.2 Å². The second kappa shape index (κ2) is 7.88. The highest BCUT2D eigenvalue weighted by Crippen LogP contribution is 2.49. The number of carbonyl (C=O) groups excluding carboxylic acids is 1. The topological polar surface area (TPSA) is 41.6 Å². The molecular formula is C21H30N2O2. The number of amides is 1. The normalized spacial score (nSPS) is 32.0. The van der Waals surface area contributed by atoms with Crippen LogP contribution in [0.2, 0.25) is 0 Å². The van der Waals surface area contributed by atoms with E-state index in [1.54, 1.807) is 0 Å². The number of fused-ring (bicyclic) bond motifs is 2. The molecule has 1 aromatic carbocycles. The highest BCUT2D eigenvalue weighted by Gasteiger charge is 2.40. The molecule has 1 aromatic rings. The Bertz CT molecular complexity index is 577. The minimum atomic E-state index is 0.112. The van der Waals surface area contributed by atoms with Crippen LogP contribution in [0, 0.1) is 17.8 Å². The Morgan fingerprint density at radius 2 is 2.08 bits per heavy atom. The van der Waals surface area contributed by atoms with E-state index in [2.05, 4.69) is 40.5 Å². The molecule has 3 fully saturated rings. The molecule has 2 bridgehead atoms. The smallest absolute Gasteiger partial charge is 0.220 e. The molecule has 136 valence electrons. The van der Waals surface area contributed by atoms with Gasteiger partial charge in [-0.25, -0.2) is 0 Å². The van der Waals surface area contributed by atoms with E-state index in [4.69, 9.17) is 4.74 Å². The van der Waals surface area contributed by atoms with Crippen LogP contribution in [0.25, 0.3) is 0 Å². The zero-order valence-corrected chi connectivity index (χ0v) is 15.0. The summed E-state index contributed by atoms with van der Waals surface area (Å²) >= 11 is 0. The third kappa shape index (κ3) is 4.42. The molecule has 4 heteroatoms. The van der Waals surface area contributed by atoms with Crippen LogP contribution in [-0.2, 0) is 16.1 Å². The van der Waals surface area contributed by atoms with Crippen molar-refractivity contribution < 1.29 is 9.53 Å². The van der Waals surface area contributed by atoms with E-state index in [9.17, 15) is 4.79 Å². The van der Waals surface area contributed by atoms with Crippen LogP contribution < -0.4 is 5.32 Å². The number of morpholine rings is 1. The number of carbonyl (C=O) groups is 1. The Morgan fingerprint density at radius 1 is 1.20 bits per heavy atom. The van der Waals surface area contributed by atoms with Crippen molar-refractivity contribution in [2.75, 3.05) is 26.2 Å². The average molecular weight is 342 g/mol. The van der Waals surface area contributed by atoms with Crippen molar-refractivity contribution in [3.05, 3.63) is 35.9 Å². The first kappa shape index (κ1) is 17.0. The highest BCUT2D eigenvalue weighted by molar-refractivity contribution is 5.76. The molecule has 0 aromatic heterocycles. The lowest BCUT2D eigenvalue weighted by atomic mass is 9.86. The fourth-order valence-electron chi connectivity index (χ4n) is 5.05. The van der Waals surface area contributed by atoms with Gasteiger partial charge in [-0.15, -0.1) is 0 Å². The van der Waals surface area contributed by atoms with Gasteiger partial charge in [0.15, 0.2) is 0 Å². The van der Waals surface area contributed by atoms with Crippen LogP contribution in [0.4, 0.5) is 0 Å². The van der Waals surface area contributed by atoms with Gasteiger partial charge in [-0.2, -0.15) is 0 Å². The Hall–Kier alpha value is -1.39. The van der Waals surface area contributed by atoms with Gasteiger partial charge in [0.1, 0.15) is 0 Å². The summed E-state index contributed by atoms with van der Waals surface area (Å²) in [5.41, 5.74) is 1.34. The zero-order chi connectivity index (χ0) is 17.1. The monoisotopic (exact) mass is 342 g/mol. The summed E-state index contributed by atoms with van der Waals surface area (Å²) in [6.07, 6.45) is 6.24. The van der Waals surface area contributed by atoms with E-state index >= 15 is 0 Å². The summed E-state index contributed by atoms with van der Waals surface area (Å²) in [5, 5.41) is 3.13. The average Bonchev–Trinajstić information content (AvgIpc) is 3.24. The Balaban J connectivity index is 1.19. The van der Waals surface area contributed by atoms with Gasteiger partial charge in [0.2, 0.25) is 5.91 Å². The van der Waals surface area contributed by atoms with Crippen molar-refractivity contribution in [3.8, 4) is 0 Å². The Morgan fingerprint density at radius 3 is 2.84 bits per heavy atom. The van der Waals surface area contributed by atoms with Crippen LogP contribution in [0.3, 0.4) is 0 Å². The molecule has 4 atom stereocenters. The molecule has 1 amide bonds. The van der Waals surface area contributed by atoms with Crippen molar-refractivity contribution in [2.24, 2.45) is 17.8 Å². The molecular weight excluding hydrogens is 312 g/mol. The number of hydrogen-bond donors (Lipinski definition) is 1. The summed E-state index contributed by atoms with van der Waals surface area (Å²) < 4.78 is 5.86. The molecule has 1 saturated heterocycles. The standard InChI is InChI=1S/C21H30N2O2/c24-21(12-19-11-17-6-7-18(19)10-17)22-13-20-15-23(8-9-25-20)14-16-4-2-1-3-5-16/h1-5,17-20H,6-15H2,(H,22,24)/t17-,18-,19+,20-/m0/s1. The summed E-state index contributed by atoms with van der Waals surface area (Å²) in [5.74, 6) is 2.60. The largest absolute Gasteiger partial charge is 0.374 e. The van der Waals surface area contributed by atoms with Gasteiger partial charge in [0.25, 0.3) is 0 Å². The number of hydrogen-bond acceptors (Lipinski definition) is 3. The summed E-state index contributed by atoms with van der Waals surface area (Å²) in [4.78, 5) is 14.7. The van der Waals surface area contributed by atoms with Crippen molar-refractivity contribution in [1.82, 2.24) is 10.2 Å². The molecule has 1 heterocycles. The zero-order valence-electron chi connectivity index (χ0n) is 15.0. The van der Waals surface area contributed by atoms with E-state index in [-0.39, 0.29) is 12.0 Å². The van der Waals surface area contributed by atoms with Gasteiger partial charge >= 0.3 is 0 Å². The SMILES string of the molecule is O=C(C[C@H]1C[C@H]2CC[C@H]1C2)NC[C@H]1CN(Cc2ccccc2)CCO1. The number of nitrogens with one attached hydrogen (secondary N) is 1. The lowest BCUT2D eigenvalue weighted by Gasteiger charge is -2.33. The van der Waals surface area contributed by atoms with Crippen molar-refractivity contribution in [1.29, 1.82) is 0 Å². The van der Waals surface area contributed by atoms with Gasteiger partial charge in [-0.05, 0) is 42.6 Å². The lowest BCUT2D eigenvalue weighted by Crippen LogP contribution is -2.47. The van der Waals surface area contributed by atoms with Crippen LogP contribution in [0.5, 0.6) is 0 Å². The van der Waals surface area contributed by atoms with Gasteiger partial charge in [0, 0.05) is 32.6 Å². The molecule has 1 N–H and O–H groups in total. The second-order valence-electron chi connectivity index (χ2n) is 8.16. The maximum Gasteiger partial charge on any atom is 0.220 e. The number of nitrogens with zero attached hydrogens (tertiary/aromatic N) is 1. The van der Waals surface area contributed by atoms with E-state index in [0.29, 0.717) is 12.5 Å². The van der Waals surface area contributed by atoms with E-state index in [1.807, 2.05) is 0 Å². The maximum atomic E-state index is 12.3. The Labute approximate surface area is 150 Å². The first-order valence-corrected chi connectivity index (χ1v) is 9.91. The van der Waals surface area contributed by atoms with Crippen molar-refractivity contribution in [2.45, 2.75) is 44.8 Å². The molecule has 0 radical (unpaired) electrons. The molecule has 4 nitrogen and oxygen atoms in total. The predicted octanol–water partition coefficient (Wildman–Crippen LogP) is 2.83. The molecule has 2 aliphatic carbocycles. The van der Waals surface area contributed by atoms with Crippen LogP contribution >= 0.6 is 0 Å². The minimum Gasteiger partial charge on any atom is -0.374 e. The molecule has 0 spiro atoms. The lowest BCUT2D eigenvalue weighted by molar-refractivity contribution is -0.123. The summed E-state index contributed by atoms with van der Waals surface area (Å²) in [6.45, 7) is 4.21. The summed E-state index contributed by atoms with van der Waals surface area (Å²) in [6, 6.07) is 10.6. The van der Waals surface area contributed by atoms with Crippen molar-refractivity contribution in [3.63, 3.8) is 0 Å². The highest BCUT2D eigenvalue weighted by atomic mass is 16.5. The summed E-state index contributed by atoms with van der Waals surface area (Å²) in [7, 11) is 0. The molecule has 2 saturated carbocycles.